The van der Waals surface area contributed by atoms with Crippen LogP contribution in [0.5, 0.6) is 0 Å². The first-order valence-corrected chi connectivity index (χ1v) is 8.39. The molecule has 3 rings (SSSR count). The maximum atomic E-state index is 13.8. The van der Waals surface area contributed by atoms with Crippen molar-refractivity contribution in [2.24, 2.45) is 15.3 Å². The van der Waals surface area contributed by atoms with Gasteiger partial charge in [0.15, 0.2) is 52.2 Å². The van der Waals surface area contributed by atoms with Crippen molar-refractivity contribution < 1.29 is 43.9 Å². The summed E-state index contributed by atoms with van der Waals surface area (Å²) in [6.07, 6.45) is 0. The Hall–Kier alpha value is -3.97. The number of hydrazone groups is 1. The number of anilines is 1. The van der Waals surface area contributed by atoms with Crippen molar-refractivity contribution in [3.8, 4) is 0 Å². The molecule has 0 aliphatic rings. The highest BCUT2D eigenvalue weighted by molar-refractivity contribution is 5.99. The van der Waals surface area contributed by atoms with Gasteiger partial charge >= 0.3 is 0 Å². The van der Waals surface area contributed by atoms with Gasteiger partial charge in [-0.05, 0) is 0 Å². The number of hydrogen-bond donors (Lipinski definition) is 1. The van der Waals surface area contributed by atoms with Crippen LogP contribution < -0.4 is 5.43 Å². The molecule has 33 heavy (non-hydrogen) atoms. The lowest BCUT2D eigenvalue weighted by atomic mass is 10.2. The Balaban J connectivity index is 2.11. The summed E-state index contributed by atoms with van der Waals surface area (Å²) in [7, 11) is 0. The van der Waals surface area contributed by atoms with Crippen molar-refractivity contribution in [1.82, 2.24) is 0 Å². The Morgan fingerprint density at radius 3 is 1.45 bits per heavy atom. The molecule has 172 valence electrons. The van der Waals surface area contributed by atoms with Gasteiger partial charge in [0.2, 0.25) is 17.5 Å². The van der Waals surface area contributed by atoms with Crippen molar-refractivity contribution in [2.75, 3.05) is 5.43 Å². The molecule has 14 heteroatoms. The minimum atomic E-state index is -2.45. The maximum absolute atomic E-state index is 13.8. The summed E-state index contributed by atoms with van der Waals surface area (Å²) in [4.78, 5) is 0. The van der Waals surface area contributed by atoms with Gasteiger partial charge in [-0.1, -0.05) is 30.3 Å². The molecule has 0 fully saturated rings. The fraction of sp³-hybridized carbons (Fsp3) is 0. The minimum Gasteiger partial charge on any atom is -0.270 e. The van der Waals surface area contributed by atoms with Gasteiger partial charge in [0.25, 0.3) is 0 Å². The summed E-state index contributed by atoms with van der Waals surface area (Å²) in [5.41, 5.74) is -1.89. The fourth-order valence-electron chi connectivity index (χ4n) is 2.32. The summed E-state index contributed by atoms with van der Waals surface area (Å²) in [5.74, 6) is -24.2. The molecule has 0 aliphatic heterocycles. The molecule has 0 spiro atoms. The van der Waals surface area contributed by atoms with Gasteiger partial charge in [0, 0.05) is 5.56 Å². The third-order valence-corrected chi connectivity index (χ3v) is 3.95. The third-order valence-electron chi connectivity index (χ3n) is 3.95. The summed E-state index contributed by atoms with van der Waals surface area (Å²) < 4.78 is 135. The van der Waals surface area contributed by atoms with Crippen molar-refractivity contribution in [3.05, 3.63) is 94.1 Å². The molecule has 0 atom stereocenters. The highest BCUT2D eigenvalue weighted by atomic mass is 19.2. The number of amidine groups is 1. The topological polar surface area (TPSA) is 49.1 Å². The summed E-state index contributed by atoms with van der Waals surface area (Å²) in [6.45, 7) is 0. The van der Waals surface area contributed by atoms with Crippen molar-refractivity contribution in [2.45, 2.75) is 0 Å². The quantitative estimate of drug-likeness (QED) is 0.0851. The third kappa shape index (κ3) is 4.36. The average molecular weight is 480 g/mol. The van der Waals surface area contributed by atoms with Crippen LogP contribution in [-0.2, 0) is 0 Å². The number of benzene rings is 3. The highest BCUT2D eigenvalue weighted by Crippen LogP contribution is 2.30. The van der Waals surface area contributed by atoms with Gasteiger partial charge in [-0.25, -0.2) is 43.9 Å². The molecule has 3 aromatic carbocycles. The molecule has 0 bridgehead atoms. The van der Waals surface area contributed by atoms with E-state index in [2.05, 4.69) is 15.3 Å². The van der Waals surface area contributed by atoms with Crippen LogP contribution in [0.1, 0.15) is 5.56 Å². The Morgan fingerprint density at radius 2 is 0.970 bits per heavy atom. The van der Waals surface area contributed by atoms with Gasteiger partial charge in [0.1, 0.15) is 5.69 Å². The van der Waals surface area contributed by atoms with E-state index in [1.165, 1.54) is 35.8 Å². The van der Waals surface area contributed by atoms with E-state index in [0.717, 1.165) is 0 Å². The number of nitrogens with zero attached hydrogens (tertiary/aromatic N) is 3. The van der Waals surface area contributed by atoms with E-state index in [-0.39, 0.29) is 5.56 Å². The van der Waals surface area contributed by atoms with E-state index in [9.17, 15) is 43.9 Å². The Labute approximate surface area is 176 Å². The van der Waals surface area contributed by atoms with Crippen LogP contribution >= 0.6 is 0 Å². The van der Waals surface area contributed by atoms with Crippen LogP contribution in [0.2, 0.25) is 0 Å². The van der Waals surface area contributed by atoms with E-state index >= 15 is 0 Å². The van der Waals surface area contributed by atoms with Gasteiger partial charge in [0.05, 0.1) is 0 Å². The smallest absolute Gasteiger partial charge is 0.201 e. The second-order valence-electron chi connectivity index (χ2n) is 5.98. The van der Waals surface area contributed by atoms with E-state index in [0.29, 0.717) is 0 Å². The molecule has 0 amide bonds. The molecule has 0 saturated heterocycles. The van der Waals surface area contributed by atoms with Crippen molar-refractivity contribution in [3.63, 3.8) is 0 Å². The first-order valence-electron chi connectivity index (χ1n) is 8.39. The SMILES string of the molecule is Fc1c(F)c(F)c(N=NC(=NNc2c(F)c(F)c(F)c(F)c2F)c2ccccc2)c(F)c1F. The number of rotatable bonds is 4. The zero-order chi connectivity index (χ0) is 24.4. The summed E-state index contributed by atoms with van der Waals surface area (Å²) in [5, 5.41) is 9.42. The standard InChI is InChI=1S/C19H6F10N4/c20-7-9(22)13(26)17(14(27)10(7)23)30-32-19(6-4-2-1-3-5-6)33-31-18-15(28)11(24)8(21)12(25)16(18)29/h1-5,30H. The summed E-state index contributed by atoms with van der Waals surface area (Å²) in [6, 6.07) is 6.63. The molecule has 4 nitrogen and oxygen atoms in total. The molecular formula is C19H6F10N4. The van der Waals surface area contributed by atoms with Crippen LogP contribution in [0.3, 0.4) is 0 Å². The predicted octanol–water partition coefficient (Wildman–Crippen LogP) is 6.64. The van der Waals surface area contributed by atoms with E-state index < -0.39 is 75.4 Å². The highest BCUT2D eigenvalue weighted by Gasteiger charge is 2.27. The number of azo groups is 1. The van der Waals surface area contributed by atoms with Crippen molar-refractivity contribution >= 4 is 17.2 Å². The zero-order valence-electron chi connectivity index (χ0n) is 15.5. The van der Waals surface area contributed by atoms with Crippen molar-refractivity contribution in [1.29, 1.82) is 0 Å². The number of nitrogens with one attached hydrogen (secondary N) is 1. The monoisotopic (exact) mass is 480 g/mol. The zero-order valence-corrected chi connectivity index (χ0v) is 15.5. The molecular weight excluding hydrogens is 474 g/mol. The van der Waals surface area contributed by atoms with Gasteiger partial charge in [-0.15, -0.1) is 10.2 Å². The van der Waals surface area contributed by atoms with Crippen LogP contribution in [0, 0.1) is 58.2 Å². The Kier molecular flexibility index (Phi) is 6.65. The molecule has 1 N–H and O–H groups in total. The van der Waals surface area contributed by atoms with Crippen LogP contribution in [0.25, 0.3) is 0 Å². The molecule has 3 aromatic rings. The Bertz CT molecular complexity index is 1230. The number of hydrogen-bond acceptors (Lipinski definition) is 3. The van der Waals surface area contributed by atoms with E-state index in [1.54, 1.807) is 0 Å². The largest absolute Gasteiger partial charge is 0.270 e. The lowest BCUT2D eigenvalue weighted by Gasteiger charge is -2.08. The Morgan fingerprint density at radius 1 is 0.545 bits per heavy atom. The second-order valence-corrected chi connectivity index (χ2v) is 5.98. The first-order chi connectivity index (χ1) is 15.6. The lowest BCUT2D eigenvalue weighted by Crippen LogP contribution is -2.08. The first kappa shape index (κ1) is 23.7. The number of halogens is 10. The summed E-state index contributed by atoms with van der Waals surface area (Å²) >= 11 is 0. The van der Waals surface area contributed by atoms with Crippen LogP contribution in [0.4, 0.5) is 55.3 Å². The second kappa shape index (κ2) is 9.26. The molecule has 0 aliphatic carbocycles. The lowest BCUT2D eigenvalue weighted by molar-refractivity contribution is 0.380. The normalized spacial score (nSPS) is 12.0. The average Bonchev–Trinajstić information content (AvgIpc) is 2.82. The van der Waals surface area contributed by atoms with Crippen LogP contribution in [-0.4, -0.2) is 5.84 Å². The maximum Gasteiger partial charge on any atom is 0.201 e. The predicted molar refractivity (Wildman–Crippen MR) is 93.6 cm³/mol. The van der Waals surface area contributed by atoms with E-state index in [4.69, 9.17) is 0 Å². The molecule has 0 radical (unpaired) electrons. The van der Waals surface area contributed by atoms with E-state index in [1.807, 2.05) is 0 Å². The van der Waals surface area contributed by atoms with Crippen LogP contribution in [0.15, 0.2) is 45.7 Å². The molecule has 0 unspecified atom stereocenters. The van der Waals surface area contributed by atoms with Gasteiger partial charge in [-0.2, -0.15) is 5.10 Å². The van der Waals surface area contributed by atoms with Gasteiger partial charge in [-0.3, -0.25) is 5.43 Å². The van der Waals surface area contributed by atoms with Gasteiger partial charge < -0.3 is 0 Å². The fourth-order valence-corrected chi connectivity index (χ4v) is 2.32. The molecule has 0 heterocycles. The minimum absolute atomic E-state index is 0.0958. The molecule has 0 saturated carbocycles. The molecule has 0 aromatic heterocycles.